The molecule has 4 heteroatoms. The summed E-state index contributed by atoms with van der Waals surface area (Å²) in [5.74, 6) is 0.216. The molecule has 1 fully saturated rings. The second-order valence-corrected chi connectivity index (χ2v) is 3.71. The first-order valence-corrected chi connectivity index (χ1v) is 4.96. The van der Waals surface area contributed by atoms with E-state index in [-0.39, 0.29) is 11.9 Å². The van der Waals surface area contributed by atoms with E-state index in [1.807, 2.05) is 0 Å². The minimum Gasteiger partial charge on any atom is -0.487 e. The molecule has 1 heterocycles. The average Bonchev–Trinajstić information content (AvgIpc) is 2.62. The van der Waals surface area contributed by atoms with Crippen molar-refractivity contribution in [3.63, 3.8) is 0 Å². The van der Waals surface area contributed by atoms with Gasteiger partial charge in [-0.1, -0.05) is 11.6 Å². The molecule has 1 aliphatic rings. The topological polar surface area (TPSA) is 21.3 Å². The summed E-state index contributed by atoms with van der Waals surface area (Å²) in [4.78, 5) is 0. The molecular formula is C10H11ClFNO. The Balaban J connectivity index is 2.08. The van der Waals surface area contributed by atoms with Crippen molar-refractivity contribution < 1.29 is 9.13 Å². The lowest BCUT2D eigenvalue weighted by Gasteiger charge is -2.13. The molecule has 0 aromatic heterocycles. The van der Waals surface area contributed by atoms with Gasteiger partial charge < -0.3 is 10.1 Å². The highest BCUT2D eigenvalue weighted by Gasteiger charge is 2.17. The molecule has 0 amide bonds. The maximum absolute atomic E-state index is 12.7. The van der Waals surface area contributed by atoms with Crippen LogP contribution in [0.2, 0.25) is 5.02 Å². The summed E-state index contributed by atoms with van der Waals surface area (Å²) in [5.41, 5.74) is 0. The van der Waals surface area contributed by atoms with Gasteiger partial charge in [0.15, 0.2) is 0 Å². The van der Waals surface area contributed by atoms with Crippen LogP contribution in [0.15, 0.2) is 18.2 Å². The Labute approximate surface area is 87.0 Å². The third kappa shape index (κ3) is 2.16. The fourth-order valence-electron chi connectivity index (χ4n) is 1.48. The molecule has 0 saturated carbocycles. The standard InChI is InChI=1S/C10H11ClFNO/c11-9-5-7(12)1-2-10(9)14-8-3-4-13-6-8/h1-2,5,8,13H,3-4,6H2/t8-/m1/s1. The van der Waals surface area contributed by atoms with Crippen molar-refractivity contribution in [2.24, 2.45) is 0 Å². The Kier molecular flexibility index (Phi) is 2.89. The van der Waals surface area contributed by atoms with E-state index in [1.165, 1.54) is 12.1 Å². The largest absolute Gasteiger partial charge is 0.487 e. The van der Waals surface area contributed by atoms with E-state index in [1.54, 1.807) is 6.07 Å². The van der Waals surface area contributed by atoms with Crippen LogP contribution >= 0.6 is 11.6 Å². The molecule has 2 rings (SSSR count). The van der Waals surface area contributed by atoms with Crippen LogP contribution in [0, 0.1) is 5.82 Å². The second kappa shape index (κ2) is 4.15. The molecule has 0 radical (unpaired) electrons. The Hall–Kier alpha value is -0.800. The Bertz CT molecular complexity index is 326. The molecule has 1 saturated heterocycles. The predicted molar refractivity (Wildman–Crippen MR) is 53.3 cm³/mol. The van der Waals surface area contributed by atoms with Gasteiger partial charge in [0.2, 0.25) is 0 Å². The Morgan fingerprint density at radius 1 is 1.50 bits per heavy atom. The van der Waals surface area contributed by atoms with Crippen LogP contribution in [0.3, 0.4) is 0 Å². The smallest absolute Gasteiger partial charge is 0.138 e. The summed E-state index contributed by atoms with van der Waals surface area (Å²) in [5, 5.41) is 3.51. The van der Waals surface area contributed by atoms with Gasteiger partial charge >= 0.3 is 0 Å². The lowest BCUT2D eigenvalue weighted by Crippen LogP contribution is -2.19. The lowest BCUT2D eigenvalue weighted by molar-refractivity contribution is 0.223. The molecule has 1 N–H and O–H groups in total. The molecule has 1 atom stereocenters. The highest BCUT2D eigenvalue weighted by atomic mass is 35.5. The van der Waals surface area contributed by atoms with Crippen LogP contribution in [0.25, 0.3) is 0 Å². The van der Waals surface area contributed by atoms with E-state index in [0.29, 0.717) is 10.8 Å². The van der Waals surface area contributed by atoms with E-state index in [2.05, 4.69) is 5.32 Å². The van der Waals surface area contributed by atoms with Gasteiger partial charge in [-0.05, 0) is 31.2 Å². The highest BCUT2D eigenvalue weighted by molar-refractivity contribution is 6.32. The van der Waals surface area contributed by atoms with Crippen molar-refractivity contribution in [3.8, 4) is 5.75 Å². The number of nitrogens with one attached hydrogen (secondary N) is 1. The number of ether oxygens (including phenoxy) is 1. The number of hydrogen-bond acceptors (Lipinski definition) is 2. The van der Waals surface area contributed by atoms with Crippen LogP contribution in [0.5, 0.6) is 5.75 Å². The number of hydrogen-bond donors (Lipinski definition) is 1. The highest BCUT2D eigenvalue weighted by Crippen LogP contribution is 2.26. The molecular weight excluding hydrogens is 205 g/mol. The normalized spacial score (nSPS) is 21.1. The molecule has 76 valence electrons. The zero-order chi connectivity index (χ0) is 9.97. The van der Waals surface area contributed by atoms with Crippen molar-refractivity contribution in [2.75, 3.05) is 13.1 Å². The fraction of sp³-hybridized carbons (Fsp3) is 0.400. The van der Waals surface area contributed by atoms with E-state index in [9.17, 15) is 4.39 Å². The van der Waals surface area contributed by atoms with Gasteiger partial charge in [0.05, 0.1) is 5.02 Å². The second-order valence-electron chi connectivity index (χ2n) is 3.31. The Morgan fingerprint density at radius 3 is 3.00 bits per heavy atom. The van der Waals surface area contributed by atoms with Crippen molar-refractivity contribution >= 4 is 11.6 Å². The molecule has 1 aromatic rings. The molecule has 1 aromatic carbocycles. The van der Waals surface area contributed by atoms with Crippen LogP contribution in [0.1, 0.15) is 6.42 Å². The molecule has 1 aliphatic heterocycles. The van der Waals surface area contributed by atoms with E-state index in [4.69, 9.17) is 16.3 Å². The summed E-state index contributed by atoms with van der Waals surface area (Å²) >= 11 is 5.82. The predicted octanol–water partition coefficient (Wildman–Crippen LogP) is 2.22. The molecule has 0 bridgehead atoms. The third-order valence-electron chi connectivity index (χ3n) is 2.20. The minimum absolute atomic E-state index is 0.151. The number of halogens is 2. The zero-order valence-electron chi connectivity index (χ0n) is 7.59. The van der Waals surface area contributed by atoms with Crippen molar-refractivity contribution in [2.45, 2.75) is 12.5 Å². The SMILES string of the molecule is Fc1ccc(O[C@@H]2CCNC2)c(Cl)c1. The molecule has 0 unspecified atom stereocenters. The Morgan fingerprint density at radius 2 is 2.36 bits per heavy atom. The lowest BCUT2D eigenvalue weighted by atomic mass is 10.3. The van der Waals surface area contributed by atoms with Gasteiger partial charge in [-0.25, -0.2) is 4.39 Å². The van der Waals surface area contributed by atoms with Gasteiger partial charge in [0.25, 0.3) is 0 Å². The first-order valence-electron chi connectivity index (χ1n) is 4.58. The summed E-state index contributed by atoms with van der Waals surface area (Å²) in [6, 6.07) is 4.18. The van der Waals surface area contributed by atoms with Crippen molar-refractivity contribution in [1.29, 1.82) is 0 Å². The van der Waals surface area contributed by atoms with Gasteiger partial charge in [-0.15, -0.1) is 0 Å². The van der Waals surface area contributed by atoms with Crippen molar-refractivity contribution in [1.82, 2.24) is 5.32 Å². The zero-order valence-corrected chi connectivity index (χ0v) is 8.35. The summed E-state index contributed by atoms with van der Waals surface area (Å²) in [7, 11) is 0. The summed E-state index contributed by atoms with van der Waals surface area (Å²) in [6.07, 6.45) is 1.12. The average molecular weight is 216 g/mol. The number of rotatable bonds is 2. The fourth-order valence-corrected chi connectivity index (χ4v) is 1.69. The van der Waals surface area contributed by atoms with E-state index >= 15 is 0 Å². The maximum atomic E-state index is 12.7. The summed E-state index contributed by atoms with van der Waals surface area (Å²) < 4.78 is 18.3. The minimum atomic E-state index is -0.341. The van der Waals surface area contributed by atoms with Crippen LogP contribution in [-0.4, -0.2) is 19.2 Å². The molecule has 0 spiro atoms. The van der Waals surface area contributed by atoms with Gasteiger partial charge in [-0.2, -0.15) is 0 Å². The van der Waals surface area contributed by atoms with Gasteiger partial charge in [0.1, 0.15) is 17.7 Å². The molecule has 14 heavy (non-hydrogen) atoms. The van der Waals surface area contributed by atoms with Gasteiger partial charge in [0, 0.05) is 6.54 Å². The van der Waals surface area contributed by atoms with E-state index in [0.717, 1.165) is 19.5 Å². The summed E-state index contributed by atoms with van der Waals surface area (Å²) in [6.45, 7) is 1.79. The maximum Gasteiger partial charge on any atom is 0.138 e. The van der Waals surface area contributed by atoms with Crippen LogP contribution in [0.4, 0.5) is 4.39 Å². The van der Waals surface area contributed by atoms with Gasteiger partial charge in [-0.3, -0.25) is 0 Å². The monoisotopic (exact) mass is 215 g/mol. The first kappa shape index (κ1) is 9.74. The molecule has 2 nitrogen and oxygen atoms in total. The van der Waals surface area contributed by atoms with Crippen LogP contribution < -0.4 is 10.1 Å². The van der Waals surface area contributed by atoms with Crippen LogP contribution in [-0.2, 0) is 0 Å². The third-order valence-corrected chi connectivity index (χ3v) is 2.50. The first-order chi connectivity index (χ1) is 6.75. The quantitative estimate of drug-likeness (QED) is 0.817. The van der Waals surface area contributed by atoms with Crippen molar-refractivity contribution in [3.05, 3.63) is 29.0 Å². The molecule has 0 aliphatic carbocycles. The van der Waals surface area contributed by atoms with E-state index < -0.39 is 0 Å². The number of benzene rings is 1.